The van der Waals surface area contributed by atoms with Crippen LogP contribution in [0, 0.1) is 5.82 Å². The molecule has 2 aromatic heterocycles. The first-order valence-corrected chi connectivity index (χ1v) is 8.32. The van der Waals surface area contributed by atoms with Gasteiger partial charge in [-0.05, 0) is 34.9 Å². The summed E-state index contributed by atoms with van der Waals surface area (Å²) in [5, 5.41) is 8.77. The fourth-order valence-electron chi connectivity index (χ4n) is 2.88. The van der Waals surface area contributed by atoms with E-state index in [1.165, 1.54) is 17.7 Å². The molecule has 0 aliphatic carbocycles. The molecule has 0 fully saturated rings. The first-order chi connectivity index (χ1) is 12.7. The van der Waals surface area contributed by atoms with Crippen molar-refractivity contribution in [3.63, 3.8) is 0 Å². The lowest BCUT2D eigenvalue weighted by atomic mass is 10.1. The lowest BCUT2D eigenvalue weighted by molar-refractivity contribution is 0.626. The van der Waals surface area contributed by atoms with E-state index in [1.54, 1.807) is 17.1 Å². The number of nitrogens with zero attached hydrogens (tertiary/aromatic N) is 4. The van der Waals surface area contributed by atoms with E-state index < -0.39 is 0 Å². The van der Waals surface area contributed by atoms with E-state index in [-0.39, 0.29) is 5.82 Å². The highest BCUT2D eigenvalue weighted by Gasteiger charge is 2.08. The van der Waals surface area contributed by atoms with Crippen molar-refractivity contribution in [2.24, 2.45) is 5.73 Å². The Morgan fingerprint density at radius 2 is 1.73 bits per heavy atom. The second-order valence-corrected chi connectivity index (χ2v) is 6.11. The molecular formula is C20H18FN5. The first-order valence-electron chi connectivity index (χ1n) is 8.32. The molecule has 130 valence electrons. The van der Waals surface area contributed by atoms with Gasteiger partial charge >= 0.3 is 0 Å². The van der Waals surface area contributed by atoms with Crippen LogP contribution in [0.2, 0.25) is 0 Å². The van der Waals surface area contributed by atoms with Crippen molar-refractivity contribution < 1.29 is 4.39 Å². The summed E-state index contributed by atoms with van der Waals surface area (Å²) in [5.74, 6) is -0.300. The maximum atomic E-state index is 13.7. The van der Waals surface area contributed by atoms with Gasteiger partial charge in [-0.15, -0.1) is 0 Å². The van der Waals surface area contributed by atoms with Crippen LogP contribution in [0.4, 0.5) is 4.39 Å². The quantitative estimate of drug-likeness (QED) is 0.602. The normalized spacial score (nSPS) is 11.0. The van der Waals surface area contributed by atoms with Crippen LogP contribution in [0.1, 0.15) is 11.1 Å². The summed E-state index contributed by atoms with van der Waals surface area (Å²) in [5.41, 5.74) is 10.00. The van der Waals surface area contributed by atoms with E-state index in [4.69, 9.17) is 5.73 Å². The van der Waals surface area contributed by atoms with Gasteiger partial charge in [-0.25, -0.2) is 9.07 Å². The third-order valence-electron chi connectivity index (χ3n) is 4.18. The highest BCUT2D eigenvalue weighted by molar-refractivity contribution is 5.63. The summed E-state index contributed by atoms with van der Waals surface area (Å²) in [6.45, 7) is 0.990. The van der Waals surface area contributed by atoms with Gasteiger partial charge in [-0.3, -0.25) is 4.68 Å². The third kappa shape index (κ3) is 3.41. The van der Waals surface area contributed by atoms with E-state index in [2.05, 4.69) is 22.3 Å². The van der Waals surface area contributed by atoms with Crippen LogP contribution in [0.15, 0.2) is 73.3 Å². The summed E-state index contributed by atoms with van der Waals surface area (Å²) in [4.78, 5) is 0. The minimum atomic E-state index is -0.300. The van der Waals surface area contributed by atoms with Crippen LogP contribution in [-0.2, 0) is 13.1 Å². The Labute approximate surface area is 150 Å². The predicted molar refractivity (Wildman–Crippen MR) is 98.2 cm³/mol. The van der Waals surface area contributed by atoms with Crippen LogP contribution in [-0.4, -0.2) is 19.6 Å². The Bertz CT molecular complexity index is 1020. The molecule has 2 N–H and O–H groups in total. The minimum Gasteiger partial charge on any atom is -0.326 e. The molecule has 6 heteroatoms. The second-order valence-electron chi connectivity index (χ2n) is 6.11. The van der Waals surface area contributed by atoms with Crippen LogP contribution in [0.5, 0.6) is 0 Å². The molecule has 0 spiro atoms. The SMILES string of the molecule is NCc1cc(F)cc(-c2cnn(-c3cnn(Cc4ccccc4)c3)c2)c1. The fraction of sp³-hybridized carbons (Fsp3) is 0.100. The molecule has 0 amide bonds. The maximum absolute atomic E-state index is 13.7. The zero-order chi connectivity index (χ0) is 17.9. The van der Waals surface area contributed by atoms with E-state index in [9.17, 15) is 4.39 Å². The van der Waals surface area contributed by atoms with Gasteiger partial charge in [0.15, 0.2) is 0 Å². The Hall–Kier alpha value is -3.25. The summed E-state index contributed by atoms with van der Waals surface area (Å²) >= 11 is 0. The van der Waals surface area contributed by atoms with Gasteiger partial charge in [0.25, 0.3) is 0 Å². The topological polar surface area (TPSA) is 61.7 Å². The van der Waals surface area contributed by atoms with Gasteiger partial charge in [-0.1, -0.05) is 30.3 Å². The van der Waals surface area contributed by atoms with Crippen molar-refractivity contribution >= 4 is 0 Å². The lowest BCUT2D eigenvalue weighted by Gasteiger charge is -2.02. The number of aromatic nitrogens is 4. The van der Waals surface area contributed by atoms with Crippen molar-refractivity contribution in [2.75, 3.05) is 0 Å². The largest absolute Gasteiger partial charge is 0.326 e. The standard InChI is InChI=1S/C20H18FN5/c21-19-7-16(9-22)6-17(8-19)18-10-24-26(13-18)20-11-23-25(14-20)12-15-4-2-1-3-5-15/h1-8,10-11,13-14H,9,12,22H2. The molecule has 5 nitrogen and oxygen atoms in total. The number of hydrogen-bond donors (Lipinski definition) is 1. The third-order valence-corrected chi connectivity index (χ3v) is 4.18. The van der Waals surface area contributed by atoms with E-state index >= 15 is 0 Å². The Morgan fingerprint density at radius 1 is 0.885 bits per heavy atom. The highest BCUT2D eigenvalue weighted by atomic mass is 19.1. The van der Waals surface area contributed by atoms with Crippen molar-refractivity contribution in [1.82, 2.24) is 19.6 Å². The predicted octanol–water partition coefficient (Wildman–Crippen LogP) is 3.38. The molecule has 26 heavy (non-hydrogen) atoms. The van der Waals surface area contributed by atoms with E-state index in [0.717, 1.165) is 22.4 Å². The maximum Gasteiger partial charge on any atom is 0.124 e. The second kappa shape index (κ2) is 6.93. The highest BCUT2D eigenvalue weighted by Crippen LogP contribution is 2.22. The molecule has 2 heterocycles. The van der Waals surface area contributed by atoms with Gasteiger partial charge in [0.05, 0.1) is 25.1 Å². The van der Waals surface area contributed by atoms with Gasteiger partial charge in [0.2, 0.25) is 0 Å². The van der Waals surface area contributed by atoms with E-state index in [1.807, 2.05) is 41.3 Å². The lowest BCUT2D eigenvalue weighted by Crippen LogP contribution is -1.99. The van der Waals surface area contributed by atoms with Crippen molar-refractivity contribution in [3.05, 3.63) is 90.3 Å². The molecule has 0 unspecified atom stereocenters. The van der Waals surface area contributed by atoms with Crippen LogP contribution >= 0.6 is 0 Å². The van der Waals surface area contributed by atoms with Crippen LogP contribution in [0.3, 0.4) is 0 Å². The number of hydrogen-bond acceptors (Lipinski definition) is 3. The zero-order valence-electron chi connectivity index (χ0n) is 14.1. The molecule has 0 saturated heterocycles. The molecule has 0 radical (unpaired) electrons. The number of rotatable bonds is 5. The number of nitrogens with two attached hydrogens (primary N) is 1. The van der Waals surface area contributed by atoms with Gasteiger partial charge in [0.1, 0.15) is 11.5 Å². The van der Waals surface area contributed by atoms with Gasteiger partial charge < -0.3 is 5.73 Å². The Balaban J connectivity index is 1.58. The fourth-order valence-corrected chi connectivity index (χ4v) is 2.88. The van der Waals surface area contributed by atoms with Crippen molar-refractivity contribution in [2.45, 2.75) is 13.1 Å². The monoisotopic (exact) mass is 347 g/mol. The molecule has 0 bridgehead atoms. The average molecular weight is 347 g/mol. The molecule has 4 aromatic rings. The summed E-state index contributed by atoms with van der Waals surface area (Å²) in [6, 6.07) is 14.9. The zero-order valence-corrected chi connectivity index (χ0v) is 14.1. The minimum absolute atomic E-state index is 0.297. The van der Waals surface area contributed by atoms with Gasteiger partial charge in [0, 0.05) is 18.3 Å². The van der Waals surface area contributed by atoms with Gasteiger partial charge in [-0.2, -0.15) is 10.2 Å². The number of halogens is 1. The molecular weight excluding hydrogens is 329 g/mol. The van der Waals surface area contributed by atoms with Crippen LogP contribution in [0.25, 0.3) is 16.8 Å². The molecule has 4 rings (SSSR count). The number of benzene rings is 2. The summed E-state index contributed by atoms with van der Waals surface area (Å²) in [7, 11) is 0. The first kappa shape index (κ1) is 16.2. The molecule has 0 aliphatic rings. The Morgan fingerprint density at radius 3 is 2.54 bits per heavy atom. The molecule has 2 aromatic carbocycles. The summed E-state index contributed by atoms with van der Waals surface area (Å²) in [6.07, 6.45) is 7.26. The Kier molecular flexibility index (Phi) is 4.33. The summed E-state index contributed by atoms with van der Waals surface area (Å²) < 4.78 is 17.3. The molecule has 0 aliphatic heterocycles. The smallest absolute Gasteiger partial charge is 0.124 e. The molecule has 0 atom stereocenters. The average Bonchev–Trinajstić information content (AvgIpc) is 3.31. The van der Waals surface area contributed by atoms with Crippen molar-refractivity contribution in [1.29, 1.82) is 0 Å². The molecule has 0 saturated carbocycles. The van der Waals surface area contributed by atoms with E-state index in [0.29, 0.717) is 13.1 Å². The van der Waals surface area contributed by atoms with Crippen LogP contribution < -0.4 is 5.73 Å². The van der Waals surface area contributed by atoms with Crippen molar-refractivity contribution in [3.8, 4) is 16.8 Å².